The summed E-state index contributed by atoms with van der Waals surface area (Å²) in [5.41, 5.74) is -1.81. The second-order valence-electron chi connectivity index (χ2n) is 8.08. The van der Waals surface area contributed by atoms with E-state index in [0.29, 0.717) is 32.7 Å². The Balaban J connectivity index is 1.74. The molecule has 188 valence electrons. The lowest BCUT2D eigenvalue weighted by atomic mass is 10.1. The van der Waals surface area contributed by atoms with Crippen molar-refractivity contribution in [1.82, 2.24) is 4.57 Å². The van der Waals surface area contributed by atoms with Crippen LogP contribution in [-0.2, 0) is 12.7 Å². The van der Waals surface area contributed by atoms with Crippen LogP contribution in [0.25, 0.3) is 21.9 Å². The minimum Gasteiger partial charge on any atom is -0.505 e. The molecule has 0 aliphatic carbocycles. The first-order chi connectivity index (χ1) is 17.5. The fourth-order valence-corrected chi connectivity index (χ4v) is 5.17. The van der Waals surface area contributed by atoms with Crippen LogP contribution in [0.1, 0.15) is 11.1 Å². The van der Waals surface area contributed by atoms with Crippen LogP contribution in [0, 0.1) is 5.82 Å². The van der Waals surface area contributed by atoms with Gasteiger partial charge in [0.2, 0.25) is 0 Å². The number of halogens is 5. The molecule has 0 bridgehead atoms. The largest absolute Gasteiger partial charge is 0.505 e. The first-order valence-electron chi connectivity index (χ1n) is 10.6. The molecule has 1 N–H and O–H groups in total. The van der Waals surface area contributed by atoms with Gasteiger partial charge in [-0.2, -0.15) is 13.2 Å². The summed E-state index contributed by atoms with van der Waals surface area (Å²) < 4.78 is 60.3. The van der Waals surface area contributed by atoms with Crippen molar-refractivity contribution in [2.24, 2.45) is 0 Å². The highest BCUT2D eigenvalue weighted by atomic mass is 79.9. The van der Waals surface area contributed by atoms with Gasteiger partial charge in [0.05, 0.1) is 17.6 Å². The molecule has 0 unspecified atom stereocenters. The number of aromatic hydroxyl groups is 1. The number of benzene rings is 3. The van der Waals surface area contributed by atoms with E-state index in [1.54, 1.807) is 18.2 Å². The number of pyridine rings is 1. The average molecular weight is 592 g/mol. The molecule has 0 spiro atoms. The lowest BCUT2D eigenvalue weighted by Crippen LogP contribution is -2.23. The number of nitrogens with zero attached hydrogens (tertiary/aromatic N) is 1. The van der Waals surface area contributed by atoms with Gasteiger partial charge in [0.1, 0.15) is 16.1 Å². The SMILES string of the molecule is O=c1oc2c(c(O)c1Sc1cccc(C(F)(F)F)c1)c(=O)n(Cc1ccc(F)cc1)c1cc(Br)ccc21. The molecule has 2 aromatic heterocycles. The lowest BCUT2D eigenvalue weighted by Gasteiger charge is -2.15. The van der Waals surface area contributed by atoms with E-state index < -0.39 is 39.4 Å². The summed E-state index contributed by atoms with van der Waals surface area (Å²) in [4.78, 5) is 26.1. The van der Waals surface area contributed by atoms with E-state index >= 15 is 0 Å². The van der Waals surface area contributed by atoms with Crippen molar-refractivity contribution in [2.45, 2.75) is 22.5 Å². The first kappa shape index (κ1) is 25.1. The normalized spacial score (nSPS) is 11.9. The monoisotopic (exact) mass is 591 g/mol. The summed E-state index contributed by atoms with van der Waals surface area (Å²) in [5, 5.41) is 11.1. The standard InChI is InChI=1S/C26H14BrF4NO4S/c27-15-6-9-18-19(11-15)32(12-13-4-7-16(28)8-5-13)24(34)20-21(33)23(25(35)36-22(18)20)37-17-3-1-2-14(10-17)26(29,30)31/h1-11,33H,12H2. The zero-order valence-electron chi connectivity index (χ0n) is 18.5. The van der Waals surface area contributed by atoms with E-state index in [-0.39, 0.29) is 22.4 Å². The summed E-state index contributed by atoms with van der Waals surface area (Å²) in [6, 6.07) is 14.7. The maximum atomic E-state index is 13.6. The topological polar surface area (TPSA) is 72.4 Å². The number of hydrogen-bond donors (Lipinski definition) is 1. The number of aromatic nitrogens is 1. The van der Waals surface area contributed by atoms with Crippen molar-refractivity contribution in [2.75, 3.05) is 0 Å². The Morgan fingerprint density at radius 2 is 1.73 bits per heavy atom. The van der Waals surface area contributed by atoms with Gasteiger partial charge in [-0.15, -0.1) is 0 Å². The smallest absolute Gasteiger partial charge is 0.416 e. The van der Waals surface area contributed by atoms with Gasteiger partial charge in [0.25, 0.3) is 5.56 Å². The summed E-state index contributed by atoms with van der Waals surface area (Å²) in [5.74, 6) is -1.14. The molecule has 0 fully saturated rings. The van der Waals surface area contributed by atoms with Crippen LogP contribution in [0.15, 0.2) is 95.0 Å². The van der Waals surface area contributed by atoms with Gasteiger partial charge in [0, 0.05) is 14.8 Å². The third-order valence-electron chi connectivity index (χ3n) is 5.65. The maximum Gasteiger partial charge on any atom is 0.416 e. The first-order valence-corrected chi connectivity index (χ1v) is 12.3. The van der Waals surface area contributed by atoms with Crippen molar-refractivity contribution in [3.8, 4) is 5.75 Å². The van der Waals surface area contributed by atoms with Crippen LogP contribution in [0.4, 0.5) is 17.6 Å². The van der Waals surface area contributed by atoms with E-state index in [1.807, 2.05) is 0 Å². The zero-order valence-corrected chi connectivity index (χ0v) is 20.9. The number of rotatable bonds is 4. The predicted octanol–water partition coefficient (Wildman–Crippen LogP) is 6.93. The van der Waals surface area contributed by atoms with Crippen molar-refractivity contribution < 1.29 is 27.1 Å². The van der Waals surface area contributed by atoms with E-state index in [0.717, 1.165) is 12.1 Å². The molecular formula is C26H14BrF4NO4S. The predicted molar refractivity (Wildman–Crippen MR) is 135 cm³/mol. The van der Waals surface area contributed by atoms with Gasteiger partial charge in [-0.05, 0) is 54.1 Å². The minimum atomic E-state index is -4.60. The van der Waals surface area contributed by atoms with Gasteiger partial charge < -0.3 is 14.1 Å². The van der Waals surface area contributed by atoms with Crippen LogP contribution in [0.5, 0.6) is 5.75 Å². The van der Waals surface area contributed by atoms with Gasteiger partial charge in [-0.1, -0.05) is 45.9 Å². The maximum absolute atomic E-state index is 13.6. The number of hydrogen-bond acceptors (Lipinski definition) is 5. The Labute approximate surface area is 218 Å². The molecule has 11 heteroatoms. The van der Waals surface area contributed by atoms with E-state index in [4.69, 9.17) is 4.42 Å². The van der Waals surface area contributed by atoms with Crippen LogP contribution in [0.2, 0.25) is 0 Å². The highest BCUT2D eigenvalue weighted by molar-refractivity contribution is 9.10. The molecular weight excluding hydrogens is 578 g/mol. The van der Waals surface area contributed by atoms with E-state index in [9.17, 15) is 32.3 Å². The molecule has 0 saturated heterocycles. The molecule has 0 aliphatic heterocycles. The molecule has 0 amide bonds. The highest BCUT2D eigenvalue weighted by Crippen LogP contribution is 2.39. The quantitative estimate of drug-likeness (QED) is 0.181. The molecule has 5 rings (SSSR count). The van der Waals surface area contributed by atoms with Crippen LogP contribution < -0.4 is 11.2 Å². The van der Waals surface area contributed by atoms with Crippen molar-refractivity contribution in [3.05, 3.63) is 109 Å². The highest BCUT2D eigenvalue weighted by Gasteiger charge is 2.31. The Morgan fingerprint density at radius 1 is 1.00 bits per heavy atom. The van der Waals surface area contributed by atoms with Gasteiger partial charge in [-0.3, -0.25) is 4.79 Å². The fourth-order valence-electron chi connectivity index (χ4n) is 3.93. The summed E-state index contributed by atoms with van der Waals surface area (Å²) in [6.45, 7) is 0.0106. The molecule has 0 aliphatic rings. The molecule has 5 nitrogen and oxygen atoms in total. The summed E-state index contributed by atoms with van der Waals surface area (Å²) >= 11 is 3.92. The Bertz CT molecular complexity index is 1800. The molecule has 5 aromatic rings. The number of alkyl halides is 3. The second kappa shape index (κ2) is 9.38. The molecule has 0 saturated carbocycles. The van der Waals surface area contributed by atoms with Crippen molar-refractivity contribution in [1.29, 1.82) is 0 Å². The molecule has 3 aromatic carbocycles. The Morgan fingerprint density at radius 3 is 2.43 bits per heavy atom. The number of fused-ring (bicyclic) bond motifs is 3. The van der Waals surface area contributed by atoms with Crippen molar-refractivity contribution in [3.63, 3.8) is 0 Å². The van der Waals surface area contributed by atoms with E-state index in [1.165, 1.54) is 41.0 Å². The summed E-state index contributed by atoms with van der Waals surface area (Å²) in [7, 11) is 0. The third-order valence-corrected chi connectivity index (χ3v) is 7.20. The minimum absolute atomic E-state index is 0.0106. The fraction of sp³-hybridized carbons (Fsp3) is 0.0769. The van der Waals surface area contributed by atoms with Gasteiger partial charge in [-0.25, -0.2) is 9.18 Å². The van der Waals surface area contributed by atoms with Crippen LogP contribution >= 0.6 is 27.7 Å². The molecule has 37 heavy (non-hydrogen) atoms. The van der Waals surface area contributed by atoms with Crippen molar-refractivity contribution >= 4 is 49.6 Å². The van der Waals surface area contributed by atoms with Gasteiger partial charge >= 0.3 is 11.8 Å². The molecule has 2 heterocycles. The molecule has 0 atom stereocenters. The zero-order chi connectivity index (χ0) is 26.5. The van der Waals surface area contributed by atoms with Gasteiger partial charge in [0.15, 0.2) is 11.3 Å². The Hall–Kier alpha value is -3.57. The third kappa shape index (κ3) is 4.76. The van der Waals surface area contributed by atoms with Crippen LogP contribution in [-0.4, -0.2) is 9.67 Å². The summed E-state index contributed by atoms with van der Waals surface area (Å²) in [6.07, 6.45) is -4.60. The second-order valence-corrected chi connectivity index (χ2v) is 10.1. The average Bonchev–Trinajstić information content (AvgIpc) is 2.85. The Kier molecular flexibility index (Phi) is 6.36. The lowest BCUT2D eigenvalue weighted by molar-refractivity contribution is -0.137. The van der Waals surface area contributed by atoms with Crippen LogP contribution in [0.3, 0.4) is 0 Å². The molecule has 0 radical (unpaired) electrons. The van der Waals surface area contributed by atoms with E-state index in [2.05, 4.69) is 15.9 Å².